The number of carbonyl (C=O) groups is 1. The first-order chi connectivity index (χ1) is 14.6. The van der Waals surface area contributed by atoms with E-state index in [9.17, 15) is 9.59 Å². The van der Waals surface area contributed by atoms with E-state index >= 15 is 0 Å². The van der Waals surface area contributed by atoms with Gasteiger partial charge in [-0.05, 0) is 42.8 Å². The van der Waals surface area contributed by atoms with Crippen LogP contribution in [0.25, 0.3) is 11.0 Å². The van der Waals surface area contributed by atoms with Gasteiger partial charge in [-0.25, -0.2) is 9.97 Å². The molecular formula is C23H17N3O4. The summed E-state index contributed by atoms with van der Waals surface area (Å²) in [5.74, 6) is 0.366. The molecule has 1 amide bonds. The lowest BCUT2D eigenvalue weighted by atomic mass is 9.98. The summed E-state index contributed by atoms with van der Waals surface area (Å²) in [6.45, 7) is 1.90. The average molecular weight is 399 g/mol. The molecule has 1 atom stereocenters. The van der Waals surface area contributed by atoms with Crippen molar-refractivity contribution in [3.8, 4) is 5.75 Å². The minimum Gasteiger partial charge on any atom is -0.497 e. The predicted molar refractivity (Wildman–Crippen MR) is 111 cm³/mol. The number of carbonyl (C=O) groups excluding carboxylic acids is 1. The second kappa shape index (κ2) is 6.81. The van der Waals surface area contributed by atoms with Crippen LogP contribution in [0.1, 0.15) is 33.3 Å². The number of hydrogen-bond acceptors (Lipinski definition) is 6. The van der Waals surface area contributed by atoms with Gasteiger partial charge in [0.05, 0.1) is 24.1 Å². The Morgan fingerprint density at radius 3 is 2.60 bits per heavy atom. The fourth-order valence-corrected chi connectivity index (χ4v) is 3.84. The second-order valence-electron chi connectivity index (χ2n) is 7.08. The van der Waals surface area contributed by atoms with Crippen LogP contribution in [-0.4, -0.2) is 23.0 Å². The van der Waals surface area contributed by atoms with E-state index in [4.69, 9.17) is 9.15 Å². The smallest absolute Gasteiger partial charge is 0.297 e. The lowest BCUT2D eigenvalue weighted by Crippen LogP contribution is -2.31. The van der Waals surface area contributed by atoms with Gasteiger partial charge in [0.15, 0.2) is 5.43 Å². The van der Waals surface area contributed by atoms with E-state index in [2.05, 4.69) is 9.97 Å². The molecule has 0 spiro atoms. The van der Waals surface area contributed by atoms with Gasteiger partial charge in [-0.3, -0.25) is 14.5 Å². The fraction of sp³-hybridized carbons (Fsp3) is 0.130. The predicted octanol–water partition coefficient (Wildman–Crippen LogP) is 3.65. The molecule has 4 aromatic rings. The number of fused-ring (bicyclic) bond motifs is 2. The Morgan fingerprint density at radius 2 is 1.83 bits per heavy atom. The van der Waals surface area contributed by atoms with E-state index in [-0.39, 0.29) is 22.7 Å². The molecule has 0 bridgehead atoms. The fourth-order valence-electron chi connectivity index (χ4n) is 3.84. The molecule has 2 aromatic carbocycles. The zero-order valence-electron chi connectivity index (χ0n) is 16.3. The van der Waals surface area contributed by atoms with E-state index in [1.807, 2.05) is 25.1 Å². The molecule has 30 heavy (non-hydrogen) atoms. The number of hydrogen-bond donors (Lipinski definition) is 0. The quantitative estimate of drug-likeness (QED) is 0.523. The van der Waals surface area contributed by atoms with E-state index in [1.165, 1.54) is 4.90 Å². The van der Waals surface area contributed by atoms with E-state index in [0.29, 0.717) is 22.3 Å². The van der Waals surface area contributed by atoms with E-state index in [1.54, 1.807) is 49.8 Å². The van der Waals surface area contributed by atoms with Crippen molar-refractivity contribution in [1.29, 1.82) is 0 Å². The first kappa shape index (κ1) is 18.1. The van der Waals surface area contributed by atoms with Crippen molar-refractivity contribution in [2.75, 3.05) is 12.0 Å². The molecule has 2 aromatic heterocycles. The number of aromatic nitrogens is 2. The Morgan fingerprint density at radius 1 is 1.03 bits per heavy atom. The van der Waals surface area contributed by atoms with Crippen molar-refractivity contribution in [3.63, 3.8) is 0 Å². The summed E-state index contributed by atoms with van der Waals surface area (Å²) in [5, 5.41) is 0.435. The number of rotatable bonds is 3. The third-order valence-electron chi connectivity index (χ3n) is 5.20. The molecule has 3 heterocycles. The summed E-state index contributed by atoms with van der Waals surface area (Å²) in [6.07, 6.45) is 3.10. The largest absolute Gasteiger partial charge is 0.497 e. The molecule has 7 heteroatoms. The molecular weight excluding hydrogens is 382 g/mol. The van der Waals surface area contributed by atoms with Gasteiger partial charge in [-0.1, -0.05) is 23.8 Å². The molecule has 0 saturated heterocycles. The maximum Gasteiger partial charge on any atom is 0.297 e. The number of ether oxygens (including phenoxy) is 1. The Hall–Kier alpha value is -4.00. The topological polar surface area (TPSA) is 85.5 Å². The van der Waals surface area contributed by atoms with Crippen molar-refractivity contribution in [1.82, 2.24) is 9.97 Å². The van der Waals surface area contributed by atoms with Crippen LogP contribution >= 0.6 is 0 Å². The number of benzene rings is 2. The van der Waals surface area contributed by atoms with Crippen LogP contribution in [0.5, 0.6) is 5.75 Å². The number of aryl methyl sites for hydroxylation is 1. The standard InChI is InChI=1S/C23H17N3O4/c1-13-7-8-17-16(11-13)20(27)18-19(14-5-3-6-15(12-14)29-2)26(22(28)21(18)30-17)23-24-9-4-10-25-23/h3-12,19H,1-2H3. The van der Waals surface area contributed by atoms with Gasteiger partial charge in [0, 0.05) is 12.4 Å². The normalized spacial score (nSPS) is 15.5. The third-order valence-corrected chi connectivity index (χ3v) is 5.20. The van der Waals surface area contributed by atoms with Crippen LogP contribution in [0.15, 0.2) is 70.1 Å². The van der Waals surface area contributed by atoms with Crippen molar-refractivity contribution in [2.24, 2.45) is 0 Å². The maximum absolute atomic E-state index is 13.5. The van der Waals surface area contributed by atoms with Crippen LogP contribution in [-0.2, 0) is 0 Å². The summed E-state index contributed by atoms with van der Waals surface area (Å²) < 4.78 is 11.3. The number of amides is 1. The van der Waals surface area contributed by atoms with Gasteiger partial charge in [0.1, 0.15) is 11.3 Å². The Balaban J connectivity index is 1.83. The second-order valence-corrected chi connectivity index (χ2v) is 7.08. The third kappa shape index (κ3) is 2.67. The lowest BCUT2D eigenvalue weighted by molar-refractivity contribution is 0.0969. The molecule has 1 aliphatic heterocycles. The first-order valence-corrected chi connectivity index (χ1v) is 9.40. The van der Waals surface area contributed by atoms with Gasteiger partial charge in [0.25, 0.3) is 5.91 Å². The van der Waals surface area contributed by atoms with Crippen molar-refractivity contribution in [2.45, 2.75) is 13.0 Å². The molecule has 0 aliphatic carbocycles. The number of nitrogens with zero attached hydrogens (tertiary/aromatic N) is 3. The van der Waals surface area contributed by atoms with E-state index < -0.39 is 11.9 Å². The van der Waals surface area contributed by atoms with Crippen LogP contribution in [0.3, 0.4) is 0 Å². The highest BCUT2D eigenvalue weighted by Gasteiger charge is 2.45. The van der Waals surface area contributed by atoms with Gasteiger partial charge < -0.3 is 9.15 Å². The molecule has 1 aliphatic rings. The number of methoxy groups -OCH3 is 1. The van der Waals surface area contributed by atoms with Crippen LogP contribution in [0, 0.1) is 6.92 Å². The first-order valence-electron chi connectivity index (χ1n) is 9.40. The van der Waals surface area contributed by atoms with Gasteiger partial charge in [0.2, 0.25) is 11.7 Å². The van der Waals surface area contributed by atoms with Gasteiger partial charge in [-0.2, -0.15) is 0 Å². The number of anilines is 1. The van der Waals surface area contributed by atoms with Crippen LogP contribution < -0.4 is 15.1 Å². The highest BCUT2D eigenvalue weighted by molar-refractivity contribution is 6.09. The van der Waals surface area contributed by atoms with Crippen molar-refractivity contribution in [3.05, 3.63) is 93.6 Å². The Kier molecular flexibility index (Phi) is 4.10. The van der Waals surface area contributed by atoms with Gasteiger partial charge >= 0.3 is 0 Å². The molecule has 0 N–H and O–H groups in total. The monoisotopic (exact) mass is 399 g/mol. The summed E-state index contributed by atoms with van der Waals surface area (Å²) >= 11 is 0. The average Bonchev–Trinajstić information content (AvgIpc) is 3.07. The summed E-state index contributed by atoms with van der Waals surface area (Å²) in [4.78, 5) is 36.8. The molecule has 0 saturated carbocycles. The summed E-state index contributed by atoms with van der Waals surface area (Å²) in [6, 6.07) is 13.5. The minimum atomic E-state index is -0.730. The van der Waals surface area contributed by atoms with Crippen LogP contribution in [0.2, 0.25) is 0 Å². The minimum absolute atomic E-state index is 0.0108. The van der Waals surface area contributed by atoms with E-state index in [0.717, 1.165) is 5.56 Å². The maximum atomic E-state index is 13.5. The molecule has 0 fully saturated rings. The molecule has 5 rings (SSSR count). The van der Waals surface area contributed by atoms with Crippen molar-refractivity contribution < 1.29 is 13.9 Å². The summed E-state index contributed by atoms with van der Waals surface area (Å²) in [7, 11) is 1.57. The molecule has 7 nitrogen and oxygen atoms in total. The zero-order chi connectivity index (χ0) is 20.8. The highest BCUT2D eigenvalue weighted by atomic mass is 16.5. The SMILES string of the molecule is COc1cccc(C2c3c(oc4ccc(C)cc4c3=O)C(=O)N2c2ncccn2)c1. The molecule has 148 valence electrons. The Bertz CT molecular complexity index is 1350. The van der Waals surface area contributed by atoms with Crippen LogP contribution in [0.4, 0.5) is 5.95 Å². The molecule has 1 unspecified atom stereocenters. The van der Waals surface area contributed by atoms with Gasteiger partial charge in [-0.15, -0.1) is 0 Å². The summed E-state index contributed by atoms with van der Waals surface area (Å²) in [5.41, 5.74) is 2.04. The zero-order valence-corrected chi connectivity index (χ0v) is 16.3. The Labute approximate surface area is 171 Å². The highest BCUT2D eigenvalue weighted by Crippen LogP contribution is 2.40. The molecule has 0 radical (unpaired) electrons. The van der Waals surface area contributed by atoms with Crippen molar-refractivity contribution >= 4 is 22.8 Å². The lowest BCUT2D eigenvalue weighted by Gasteiger charge is -2.23.